The van der Waals surface area contributed by atoms with Gasteiger partial charge < -0.3 is 15.0 Å². The first-order valence-electron chi connectivity index (χ1n) is 6.07. The first kappa shape index (κ1) is 12.1. The Morgan fingerprint density at radius 2 is 2.31 bits per heavy atom. The van der Waals surface area contributed by atoms with Crippen molar-refractivity contribution in [3.05, 3.63) is 0 Å². The molecule has 0 spiro atoms. The third-order valence-corrected chi connectivity index (χ3v) is 3.86. The molecule has 5 heteroatoms. The Kier molecular flexibility index (Phi) is 4.37. The van der Waals surface area contributed by atoms with E-state index in [1.165, 1.54) is 19.4 Å². The van der Waals surface area contributed by atoms with Crippen LogP contribution in [0.2, 0.25) is 0 Å². The fourth-order valence-electron chi connectivity index (χ4n) is 2.55. The first-order chi connectivity index (χ1) is 7.81. The monoisotopic (exact) mass is 243 g/mol. The van der Waals surface area contributed by atoms with E-state index in [0.717, 1.165) is 37.3 Å². The molecule has 2 rings (SSSR count). The topological polar surface area (TPSA) is 27.7 Å². The van der Waals surface area contributed by atoms with Gasteiger partial charge in [0.05, 0.1) is 6.61 Å². The third-order valence-electron chi connectivity index (χ3n) is 3.46. The summed E-state index contributed by atoms with van der Waals surface area (Å²) in [6.45, 7) is 6.12. The number of nitrogens with one attached hydrogen (secondary N) is 1. The van der Waals surface area contributed by atoms with Gasteiger partial charge >= 0.3 is 0 Å². The number of rotatable bonds is 3. The van der Waals surface area contributed by atoms with Crippen LogP contribution in [0.4, 0.5) is 0 Å². The zero-order valence-electron chi connectivity index (χ0n) is 9.95. The summed E-state index contributed by atoms with van der Waals surface area (Å²) in [5.74, 6) is 0. The number of hydrogen-bond donors (Lipinski definition) is 1. The van der Waals surface area contributed by atoms with E-state index in [2.05, 4.69) is 15.1 Å². The van der Waals surface area contributed by atoms with Crippen LogP contribution in [0.15, 0.2) is 0 Å². The number of hydrogen-bond acceptors (Lipinski definition) is 3. The fourth-order valence-corrected chi connectivity index (χ4v) is 2.82. The molecule has 2 aliphatic rings. The van der Waals surface area contributed by atoms with Crippen molar-refractivity contribution in [2.75, 3.05) is 46.4 Å². The van der Waals surface area contributed by atoms with Gasteiger partial charge in [0.1, 0.15) is 0 Å². The number of ether oxygens (including phenoxy) is 1. The largest absolute Gasteiger partial charge is 0.383 e. The average Bonchev–Trinajstić information content (AvgIpc) is 2.76. The number of thiocarbonyl (C=S) groups is 1. The van der Waals surface area contributed by atoms with Gasteiger partial charge in [0.25, 0.3) is 0 Å². The molecule has 0 aromatic rings. The van der Waals surface area contributed by atoms with Crippen molar-refractivity contribution in [1.82, 2.24) is 15.1 Å². The van der Waals surface area contributed by atoms with Gasteiger partial charge in [-0.05, 0) is 31.6 Å². The molecule has 1 N–H and O–H groups in total. The predicted octanol–water partition coefficient (Wildman–Crippen LogP) is 0.287. The van der Waals surface area contributed by atoms with Crippen molar-refractivity contribution < 1.29 is 4.74 Å². The molecule has 0 bridgehead atoms. The number of nitrogens with zero attached hydrogens (tertiary/aromatic N) is 2. The van der Waals surface area contributed by atoms with E-state index in [4.69, 9.17) is 17.0 Å². The standard InChI is InChI=1S/C11H21N3OS/c1-15-8-4-12-11(16)14-7-6-13-5-2-3-10(13)9-14/h10H,2-9H2,1H3,(H,12,16). The maximum Gasteiger partial charge on any atom is 0.169 e. The highest BCUT2D eigenvalue weighted by Gasteiger charge is 2.31. The molecule has 0 aromatic carbocycles. The molecule has 16 heavy (non-hydrogen) atoms. The van der Waals surface area contributed by atoms with Crippen LogP contribution in [-0.4, -0.2) is 67.4 Å². The number of piperazine rings is 1. The summed E-state index contributed by atoms with van der Waals surface area (Å²) >= 11 is 5.39. The molecule has 2 aliphatic heterocycles. The second-order valence-corrected chi connectivity index (χ2v) is 4.89. The molecule has 0 saturated carbocycles. The molecule has 1 atom stereocenters. The lowest BCUT2D eigenvalue weighted by Gasteiger charge is -2.38. The van der Waals surface area contributed by atoms with Gasteiger partial charge in [-0.3, -0.25) is 4.90 Å². The Labute approximate surface area is 103 Å². The van der Waals surface area contributed by atoms with E-state index >= 15 is 0 Å². The van der Waals surface area contributed by atoms with E-state index in [1.807, 2.05) is 0 Å². The van der Waals surface area contributed by atoms with Crippen LogP contribution in [0.5, 0.6) is 0 Å². The van der Waals surface area contributed by atoms with E-state index in [0.29, 0.717) is 6.61 Å². The molecule has 2 saturated heterocycles. The molecule has 0 radical (unpaired) electrons. The second-order valence-electron chi connectivity index (χ2n) is 4.50. The Hall–Kier alpha value is -0.390. The third kappa shape index (κ3) is 2.84. The van der Waals surface area contributed by atoms with E-state index in [1.54, 1.807) is 7.11 Å². The van der Waals surface area contributed by atoms with Crippen LogP contribution in [0, 0.1) is 0 Å². The maximum absolute atomic E-state index is 5.39. The van der Waals surface area contributed by atoms with Crippen molar-refractivity contribution >= 4 is 17.3 Å². The lowest BCUT2D eigenvalue weighted by molar-refractivity contribution is 0.149. The van der Waals surface area contributed by atoms with Crippen LogP contribution < -0.4 is 5.32 Å². The van der Waals surface area contributed by atoms with Gasteiger partial charge in [-0.2, -0.15) is 0 Å². The molecule has 92 valence electrons. The van der Waals surface area contributed by atoms with Gasteiger partial charge in [0, 0.05) is 39.3 Å². The van der Waals surface area contributed by atoms with Crippen molar-refractivity contribution in [1.29, 1.82) is 0 Å². The van der Waals surface area contributed by atoms with Crippen molar-refractivity contribution in [2.24, 2.45) is 0 Å². The summed E-state index contributed by atoms with van der Waals surface area (Å²) in [7, 11) is 1.71. The molecule has 0 aliphatic carbocycles. The van der Waals surface area contributed by atoms with E-state index < -0.39 is 0 Å². The zero-order chi connectivity index (χ0) is 11.4. The molecule has 4 nitrogen and oxygen atoms in total. The number of fused-ring (bicyclic) bond motifs is 1. The average molecular weight is 243 g/mol. The van der Waals surface area contributed by atoms with Crippen molar-refractivity contribution in [2.45, 2.75) is 18.9 Å². The molecule has 2 heterocycles. The molecule has 2 fully saturated rings. The lowest BCUT2D eigenvalue weighted by Crippen LogP contribution is -2.54. The van der Waals surface area contributed by atoms with Crippen LogP contribution >= 0.6 is 12.2 Å². The van der Waals surface area contributed by atoms with Crippen molar-refractivity contribution in [3.8, 4) is 0 Å². The molecular formula is C11H21N3OS. The number of methoxy groups -OCH3 is 1. The van der Waals surface area contributed by atoms with Crippen molar-refractivity contribution in [3.63, 3.8) is 0 Å². The Morgan fingerprint density at radius 1 is 1.44 bits per heavy atom. The predicted molar refractivity (Wildman–Crippen MR) is 68.6 cm³/mol. The molecular weight excluding hydrogens is 222 g/mol. The van der Waals surface area contributed by atoms with Gasteiger partial charge in [0.15, 0.2) is 5.11 Å². The second kappa shape index (κ2) is 5.80. The first-order valence-corrected chi connectivity index (χ1v) is 6.48. The minimum absolute atomic E-state index is 0.712. The quantitative estimate of drug-likeness (QED) is 0.568. The van der Waals surface area contributed by atoms with Crippen LogP contribution in [0.25, 0.3) is 0 Å². The Bertz CT molecular complexity index is 249. The summed E-state index contributed by atoms with van der Waals surface area (Å²) < 4.78 is 5.00. The van der Waals surface area contributed by atoms with E-state index in [9.17, 15) is 0 Å². The highest BCUT2D eigenvalue weighted by Crippen LogP contribution is 2.21. The molecule has 0 aromatic heterocycles. The Balaban J connectivity index is 1.75. The highest BCUT2D eigenvalue weighted by atomic mass is 32.1. The minimum atomic E-state index is 0.712. The summed E-state index contributed by atoms with van der Waals surface area (Å²) in [6, 6.07) is 0.732. The Morgan fingerprint density at radius 3 is 3.12 bits per heavy atom. The summed E-state index contributed by atoms with van der Waals surface area (Å²) in [5.41, 5.74) is 0. The molecule has 0 amide bonds. The summed E-state index contributed by atoms with van der Waals surface area (Å²) in [4.78, 5) is 4.89. The van der Waals surface area contributed by atoms with E-state index in [-0.39, 0.29) is 0 Å². The zero-order valence-corrected chi connectivity index (χ0v) is 10.8. The van der Waals surface area contributed by atoms with Gasteiger partial charge in [0.2, 0.25) is 0 Å². The lowest BCUT2D eigenvalue weighted by atomic mass is 10.2. The summed E-state index contributed by atoms with van der Waals surface area (Å²) in [5, 5.41) is 4.14. The van der Waals surface area contributed by atoms with Crippen LogP contribution in [0.1, 0.15) is 12.8 Å². The normalized spacial score (nSPS) is 25.6. The molecule has 1 unspecified atom stereocenters. The van der Waals surface area contributed by atoms with Gasteiger partial charge in [-0.15, -0.1) is 0 Å². The SMILES string of the molecule is COCCNC(=S)N1CCN2CCCC2C1. The smallest absolute Gasteiger partial charge is 0.169 e. The summed E-state index contributed by atoms with van der Waals surface area (Å²) in [6.07, 6.45) is 2.68. The minimum Gasteiger partial charge on any atom is -0.383 e. The van der Waals surface area contributed by atoms with Crippen LogP contribution in [0.3, 0.4) is 0 Å². The maximum atomic E-state index is 5.39. The van der Waals surface area contributed by atoms with Gasteiger partial charge in [-0.25, -0.2) is 0 Å². The highest BCUT2D eigenvalue weighted by molar-refractivity contribution is 7.80. The van der Waals surface area contributed by atoms with Crippen LogP contribution in [-0.2, 0) is 4.74 Å². The fraction of sp³-hybridized carbons (Fsp3) is 0.909. The van der Waals surface area contributed by atoms with Gasteiger partial charge in [-0.1, -0.05) is 0 Å².